The molecule has 0 atom stereocenters. The Hall–Kier alpha value is -5.29. The predicted octanol–water partition coefficient (Wildman–Crippen LogP) is 8.41. The molecule has 0 bridgehead atoms. The van der Waals surface area contributed by atoms with E-state index in [1.54, 1.807) is 0 Å². The zero-order valence-corrected chi connectivity index (χ0v) is 29.7. The van der Waals surface area contributed by atoms with Gasteiger partial charge in [-0.1, -0.05) is 84.8 Å². The third-order valence-corrected chi connectivity index (χ3v) is 9.01. The number of benzene rings is 5. The van der Waals surface area contributed by atoms with Crippen LogP contribution in [0.5, 0.6) is 23.0 Å². The van der Waals surface area contributed by atoms with Gasteiger partial charge in [-0.3, -0.25) is 0 Å². The fourth-order valence-electron chi connectivity index (χ4n) is 6.34. The van der Waals surface area contributed by atoms with Gasteiger partial charge >= 0.3 is 0 Å². The van der Waals surface area contributed by atoms with Crippen molar-refractivity contribution < 1.29 is 29.6 Å². The van der Waals surface area contributed by atoms with Crippen LogP contribution in [0.2, 0.25) is 0 Å². The second-order valence-electron chi connectivity index (χ2n) is 12.2. The number of para-hydroxylation sites is 1. The van der Waals surface area contributed by atoms with Gasteiger partial charge in [-0.2, -0.15) is 0 Å². The monoisotopic (exact) mass is 811 g/mol. The van der Waals surface area contributed by atoms with Crippen molar-refractivity contribution in [3.05, 3.63) is 163 Å². The van der Waals surface area contributed by atoms with Gasteiger partial charge in [0.05, 0.1) is 0 Å². The molecule has 5 aromatic carbocycles. The second-order valence-corrected chi connectivity index (χ2v) is 12.2. The van der Waals surface area contributed by atoms with Crippen LogP contribution in [0.15, 0.2) is 134 Å². The molecule has 0 saturated heterocycles. The molecular formula is C43H31BIrN2O2-2. The molecule has 0 saturated carbocycles. The first-order chi connectivity index (χ1) is 23.5. The molecule has 9 rings (SSSR count). The molecule has 2 aliphatic heterocycles. The first kappa shape index (κ1) is 32.3. The Labute approximate surface area is 301 Å². The number of fused-ring (bicyclic) bond motifs is 4. The normalized spacial score (nSPS) is 11.7. The van der Waals surface area contributed by atoms with Gasteiger partial charge < -0.3 is 19.4 Å². The molecule has 0 amide bonds. The first-order valence-corrected chi connectivity index (χ1v) is 16.1. The van der Waals surface area contributed by atoms with Crippen molar-refractivity contribution in [1.29, 1.82) is 0 Å². The predicted molar refractivity (Wildman–Crippen MR) is 194 cm³/mol. The third kappa shape index (κ3) is 6.22. The minimum Gasteiger partial charge on any atom is -0.503 e. The molecule has 0 N–H and O–H groups in total. The average Bonchev–Trinajstić information content (AvgIpc) is 3.13. The summed E-state index contributed by atoms with van der Waals surface area (Å²) in [6, 6.07) is 47.7. The first-order valence-electron chi connectivity index (χ1n) is 16.1. The quantitative estimate of drug-likeness (QED) is 0.133. The Balaban J connectivity index is 0.000000200. The molecule has 0 aliphatic carbocycles. The van der Waals surface area contributed by atoms with E-state index in [0.29, 0.717) is 0 Å². The van der Waals surface area contributed by atoms with Gasteiger partial charge in [0.25, 0.3) is 0 Å². The number of nitrogens with zero attached hydrogens (tertiary/aromatic N) is 2. The molecule has 0 fully saturated rings. The van der Waals surface area contributed by atoms with Crippen LogP contribution in [0.3, 0.4) is 0 Å². The van der Waals surface area contributed by atoms with Crippen molar-refractivity contribution >= 4 is 23.1 Å². The Morgan fingerprint density at radius 1 is 0.612 bits per heavy atom. The van der Waals surface area contributed by atoms with E-state index in [1.807, 2.05) is 79.1 Å². The summed E-state index contributed by atoms with van der Waals surface area (Å²) in [5, 5.41) is 0. The molecule has 2 aliphatic rings. The molecule has 7 aromatic rings. The van der Waals surface area contributed by atoms with Gasteiger partial charge in [0.15, 0.2) is 0 Å². The van der Waals surface area contributed by atoms with E-state index in [9.17, 15) is 0 Å². The fourth-order valence-corrected chi connectivity index (χ4v) is 6.34. The Morgan fingerprint density at radius 3 is 2.18 bits per heavy atom. The van der Waals surface area contributed by atoms with E-state index in [4.69, 9.17) is 14.5 Å². The fraction of sp³-hybridized carbons (Fsp3) is 0.0698. The Morgan fingerprint density at radius 2 is 1.39 bits per heavy atom. The second kappa shape index (κ2) is 13.7. The molecule has 49 heavy (non-hydrogen) atoms. The molecule has 6 heteroatoms. The summed E-state index contributed by atoms with van der Waals surface area (Å²) < 4.78 is 12.7. The number of aryl methyl sites for hydroxylation is 3. The smallest absolute Gasteiger partial charge is 0.241 e. The van der Waals surface area contributed by atoms with E-state index >= 15 is 0 Å². The topological polar surface area (TPSA) is 44.2 Å². The molecule has 2 aromatic heterocycles. The van der Waals surface area contributed by atoms with Gasteiger partial charge in [0.1, 0.15) is 17.2 Å². The van der Waals surface area contributed by atoms with E-state index in [0.717, 1.165) is 73.0 Å². The summed E-state index contributed by atoms with van der Waals surface area (Å²) in [6.07, 6.45) is 3.77. The van der Waals surface area contributed by atoms with Crippen molar-refractivity contribution in [1.82, 2.24) is 9.97 Å². The van der Waals surface area contributed by atoms with Crippen LogP contribution >= 0.6 is 0 Å². The number of aromatic nitrogens is 2. The summed E-state index contributed by atoms with van der Waals surface area (Å²) in [5.41, 5.74) is 13.1. The number of pyridine rings is 2. The number of rotatable bonds is 3. The number of ether oxygens (including phenoxy) is 2. The van der Waals surface area contributed by atoms with Crippen LogP contribution in [0, 0.1) is 32.9 Å². The summed E-state index contributed by atoms with van der Waals surface area (Å²) in [7, 11) is 0. The van der Waals surface area contributed by atoms with Crippen LogP contribution in [-0.4, -0.2) is 16.7 Å². The van der Waals surface area contributed by atoms with Crippen molar-refractivity contribution in [3.63, 3.8) is 0 Å². The van der Waals surface area contributed by atoms with Crippen molar-refractivity contribution in [2.24, 2.45) is 0 Å². The summed E-state index contributed by atoms with van der Waals surface area (Å²) in [6.45, 7) is 6.28. The summed E-state index contributed by atoms with van der Waals surface area (Å²) in [5.74, 6) is 3.36. The maximum Gasteiger partial charge on any atom is 0.241 e. The third-order valence-electron chi connectivity index (χ3n) is 9.01. The number of hydrogen-bond acceptors (Lipinski definition) is 4. The number of hydrogen-bond donors (Lipinski definition) is 0. The van der Waals surface area contributed by atoms with Crippen molar-refractivity contribution in [3.8, 4) is 56.6 Å². The van der Waals surface area contributed by atoms with E-state index in [1.165, 1.54) is 16.7 Å². The maximum atomic E-state index is 6.52. The minimum absolute atomic E-state index is 0. The van der Waals surface area contributed by atoms with E-state index in [-0.39, 0.29) is 26.8 Å². The molecule has 4 nitrogen and oxygen atoms in total. The minimum atomic E-state index is 0. The van der Waals surface area contributed by atoms with Gasteiger partial charge in [0.2, 0.25) is 6.71 Å². The summed E-state index contributed by atoms with van der Waals surface area (Å²) in [4.78, 5) is 9.10. The van der Waals surface area contributed by atoms with Gasteiger partial charge in [-0.15, -0.1) is 59.1 Å². The van der Waals surface area contributed by atoms with Crippen LogP contribution < -0.4 is 25.9 Å². The average molecular weight is 811 g/mol. The van der Waals surface area contributed by atoms with Gasteiger partial charge in [-0.25, -0.2) is 0 Å². The van der Waals surface area contributed by atoms with Crippen LogP contribution in [-0.2, 0) is 20.1 Å². The van der Waals surface area contributed by atoms with Crippen LogP contribution in [0.4, 0.5) is 0 Å². The van der Waals surface area contributed by atoms with Crippen LogP contribution in [0.25, 0.3) is 33.6 Å². The van der Waals surface area contributed by atoms with Crippen molar-refractivity contribution in [2.75, 3.05) is 0 Å². The zero-order chi connectivity index (χ0) is 32.6. The maximum absolute atomic E-state index is 6.52. The zero-order valence-electron chi connectivity index (χ0n) is 27.3. The van der Waals surface area contributed by atoms with Crippen LogP contribution in [0.1, 0.15) is 16.7 Å². The van der Waals surface area contributed by atoms with Gasteiger partial charge in [0, 0.05) is 43.7 Å². The van der Waals surface area contributed by atoms with E-state index in [2.05, 4.69) is 92.5 Å². The molecule has 4 heterocycles. The van der Waals surface area contributed by atoms with E-state index < -0.39 is 0 Å². The Bertz CT molecular complexity index is 2290. The van der Waals surface area contributed by atoms with Crippen molar-refractivity contribution in [2.45, 2.75) is 20.8 Å². The largest absolute Gasteiger partial charge is 0.503 e. The molecule has 1 radical (unpaired) electrons. The molecule has 0 unspecified atom stereocenters. The van der Waals surface area contributed by atoms with Gasteiger partial charge in [-0.05, 0) is 71.7 Å². The molecule has 0 spiro atoms. The molecule has 239 valence electrons. The SMILES string of the molecule is Cc1c[c-]c(-c2cc(C)c(C)cn2)cc1.[Ir].[c-]1ccc2c(c1-c1cc(-c3ccccc3)ccn1)Oc1cccc3c1B2c1ccccc1O3. The summed E-state index contributed by atoms with van der Waals surface area (Å²) >= 11 is 0. The Kier molecular flexibility index (Phi) is 9.01. The standard InChI is InChI=1S/C29H17BNO2.C14H14N.Ir/c1-2-8-19(9-3-1)20-16-17-31-24(18-20)21-10-6-12-23-29(21)33-27-15-7-14-26-28(27)30(23)22-11-4-5-13-25(22)32-26;1-10-4-6-13(7-5-10)14-8-11(2)12(3)9-15-14;/h1-9,11-18H;4-6,8-9H,1-3H3;/q2*-1;. The molecular weight excluding hydrogens is 780 g/mol.